The number of amides is 3. The van der Waals surface area contributed by atoms with E-state index in [-0.39, 0.29) is 11.4 Å². The normalized spacial score (nSPS) is 10.5. The monoisotopic (exact) mass is 389 g/mol. The van der Waals surface area contributed by atoms with Crippen LogP contribution in [0.15, 0.2) is 48.7 Å². The third kappa shape index (κ3) is 3.63. The number of hydrogen-bond donors (Lipinski definition) is 3. The molecular formula is C17H13Cl2N5O2. The summed E-state index contributed by atoms with van der Waals surface area (Å²) in [4.78, 5) is 22.5. The van der Waals surface area contributed by atoms with Crippen molar-refractivity contribution in [2.45, 2.75) is 0 Å². The van der Waals surface area contributed by atoms with E-state index in [0.29, 0.717) is 15.7 Å². The first-order chi connectivity index (χ1) is 12.3. The fraction of sp³-hybridized carbons (Fsp3) is 0. The first kappa shape index (κ1) is 17.8. The largest absolute Gasteiger partial charge is 0.365 e. The number of anilines is 1. The Hall–Kier alpha value is -3.03. The highest BCUT2D eigenvalue weighted by atomic mass is 35.5. The minimum Gasteiger partial charge on any atom is -0.365 e. The zero-order chi connectivity index (χ0) is 18.8. The van der Waals surface area contributed by atoms with Crippen LogP contribution >= 0.6 is 23.2 Å². The zero-order valence-electron chi connectivity index (χ0n) is 13.2. The Kier molecular flexibility index (Phi) is 4.83. The SMILES string of the molecule is NC(=O)Nc1nn(-c2ccc(-c3cc(Cl)ccc3Cl)cc2)cc1C(N)=O. The molecule has 7 nitrogen and oxygen atoms in total. The molecule has 0 bridgehead atoms. The van der Waals surface area contributed by atoms with Crippen LogP contribution in [0.3, 0.4) is 0 Å². The van der Waals surface area contributed by atoms with Crippen molar-refractivity contribution in [3.05, 3.63) is 64.3 Å². The average Bonchev–Trinajstić information content (AvgIpc) is 3.00. The van der Waals surface area contributed by atoms with Crippen LogP contribution in [0.4, 0.5) is 10.6 Å². The Morgan fingerprint density at radius 3 is 2.35 bits per heavy atom. The molecule has 26 heavy (non-hydrogen) atoms. The molecule has 1 aromatic heterocycles. The topological polar surface area (TPSA) is 116 Å². The van der Waals surface area contributed by atoms with Crippen LogP contribution in [0.2, 0.25) is 10.0 Å². The summed E-state index contributed by atoms with van der Waals surface area (Å²) < 4.78 is 1.41. The molecule has 0 radical (unpaired) electrons. The second kappa shape index (κ2) is 7.07. The van der Waals surface area contributed by atoms with Crippen LogP contribution in [0.1, 0.15) is 10.4 Å². The zero-order valence-corrected chi connectivity index (χ0v) is 14.8. The van der Waals surface area contributed by atoms with Gasteiger partial charge in [-0.25, -0.2) is 9.48 Å². The highest BCUT2D eigenvalue weighted by Crippen LogP contribution is 2.31. The maximum atomic E-state index is 11.5. The van der Waals surface area contributed by atoms with Gasteiger partial charge in [-0.2, -0.15) is 0 Å². The van der Waals surface area contributed by atoms with Crippen LogP contribution in [0.25, 0.3) is 16.8 Å². The molecule has 0 unspecified atom stereocenters. The van der Waals surface area contributed by atoms with E-state index in [4.69, 9.17) is 34.7 Å². The van der Waals surface area contributed by atoms with Crippen LogP contribution in [-0.4, -0.2) is 21.7 Å². The smallest absolute Gasteiger partial charge is 0.317 e. The second-order valence-corrected chi connectivity index (χ2v) is 6.20. The summed E-state index contributed by atoms with van der Waals surface area (Å²) in [6.45, 7) is 0. The van der Waals surface area contributed by atoms with E-state index in [2.05, 4.69) is 10.4 Å². The van der Waals surface area contributed by atoms with Gasteiger partial charge in [0.1, 0.15) is 5.56 Å². The minimum atomic E-state index is -0.844. The lowest BCUT2D eigenvalue weighted by molar-refractivity contribution is 0.100. The van der Waals surface area contributed by atoms with Gasteiger partial charge in [0, 0.05) is 21.8 Å². The molecule has 0 saturated carbocycles. The van der Waals surface area contributed by atoms with Gasteiger partial charge in [-0.1, -0.05) is 35.3 Å². The number of benzene rings is 2. The number of nitrogens with zero attached hydrogens (tertiary/aromatic N) is 2. The summed E-state index contributed by atoms with van der Waals surface area (Å²) in [5, 5.41) is 7.55. The fourth-order valence-corrected chi connectivity index (χ4v) is 2.81. The van der Waals surface area contributed by atoms with E-state index in [1.165, 1.54) is 10.9 Å². The summed E-state index contributed by atoms with van der Waals surface area (Å²) in [5.41, 5.74) is 12.7. The van der Waals surface area contributed by atoms with E-state index < -0.39 is 11.9 Å². The fourth-order valence-electron chi connectivity index (χ4n) is 2.41. The molecule has 2 aromatic carbocycles. The molecule has 1 heterocycles. The Bertz CT molecular complexity index is 999. The van der Waals surface area contributed by atoms with E-state index in [0.717, 1.165) is 11.1 Å². The quantitative estimate of drug-likeness (QED) is 0.634. The first-order valence-corrected chi connectivity index (χ1v) is 8.12. The number of carbonyl (C=O) groups excluding carboxylic acids is 2. The third-order valence-electron chi connectivity index (χ3n) is 3.59. The summed E-state index contributed by atoms with van der Waals surface area (Å²) in [6, 6.07) is 11.6. The first-order valence-electron chi connectivity index (χ1n) is 7.37. The number of rotatable bonds is 4. The molecule has 0 aliphatic heterocycles. The highest BCUT2D eigenvalue weighted by Gasteiger charge is 2.16. The molecule has 3 amide bonds. The summed E-state index contributed by atoms with van der Waals surface area (Å²) in [7, 11) is 0. The van der Waals surface area contributed by atoms with Gasteiger partial charge in [-0.15, -0.1) is 5.10 Å². The number of urea groups is 1. The third-order valence-corrected chi connectivity index (χ3v) is 4.16. The van der Waals surface area contributed by atoms with Crippen LogP contribution in [0, 0.1) is 0 Å². The van der Waals surface area contributed by atoms with Gasteiger partial charge in [-0.05, 0) is 35.9 Å². The molecular weight excluding hydrogens is 377 g/mol. The van der Waals surface area contributed by atoms with Gasteiger partial charge < -0.3 is 11.5 Å². The Morgan fingerprint density at radius 2 is 1.73 bits per heavy atom. The van der Waals surface area contributed by atoms with Crippen molar-refractivity contribution in [2.24, 2.45) is 11.5 Å². The van der Waals surface area contributed by atoms with Crippen molar-refractivity contribution in [2.75, 3.05) is 5.32 Å². The van der Waals surface area contributed by atoms with Gasteiger partial charge in [0.25, 0.3) is 5.91 Å². The maximum absolute atomic E-state index is 11.5. The molecule has 0 aliphatic carbocycles. The minimum absolute atomic E-state index is 0.00744. The summed E-state index contributed by atoms with van der Waals surface area (Å²) >= 11 is 12.2. The predicted octanol–water partition coefficient (Wildman–Crippen LogP) is 3.44. The van der Waals surface area contributed by atoms with E-state index in [1.807, 2.05) is 12.1 Å². The Labute approximate surface area is 158 Å². The molecule has 0 atom stereocenters. The standard InChI is InChI=1S/C17H13Cl2N5O2/c18-10-3-6-14(19)12(7-10)9-1-4-11(5-2-9)24-8-13(15(20)25)16(23-24)22-17(21)26/h1-8H,(H2,20,25)(H3,21,22,23,26). The van der Waals surface area contributed by atoms with Crippen molar-refractivity contribution in [3.8, 4) is 16.8 Å². The average molecular weight is 390 g/mol. The lowest BCUT2D eigenvalue weighted by Crippen LogP contribution is -2.22. The van der Waals surface area contributed by atoms with E-state index in [1.54, 1.807) is 30.3 Å². The molecule has 3 rings (SSSR count). The highest BCUT2D eigenvalue weighted by molar-refractivity contribution is 6.35. The van der Waals surface area contributed by atoms with Crippen molar-refractivity contribution in [1.82, 2.24) is 9.78 Å². The van der Waals surface area contributed by atoms with Gasteiger partial charge in [-0.3, -0.25) is 10.1 Å². The van der Waals surface area contributed by atoms with Gasteiger partial charge in [0.15, 0.2) is 5.82 Å². The maximum Gasteiger partial charge on any atom is 0.317 e. The van der Waals surface area contributed by atoms with Gasteiger partial charge in [0.2, 0.25) is 0 Å². The molecule has 132 valence electrons. The number of nitrogens with two attached hydrogens (primary N) is 2. The summed E-state index contributed by atoms with van der Waals surface area (Å²) in [6.07, 6.45) is 1.41. The Morgan fingerprint density at radius 1 is 1.04 bits per heavy atom. The molecule has 9 heteroatoms. The van der Waals surface area contributed by atoms with Crippen LogP contribution in [-0.2, 0) is 0 Å². The number of aromatic nitrogens is 2. The van der Waals surface area contributed by atoms with Crippen LogP contribution in [0.5, 0.6) is 0 Å². The van der Waals surface area contributed by atoms with Crippen molar-refractivity contribution in [1.29, 1.82) is 0 Å². The number of halogens is 2. The molecule has 5 N–H and O–H groups in total. The van der Waals surface area contributed by atoms with Crippen LogP contribution < -0.4 is 16.8 Å². The second-order valence-electron chi connectivity index (χ2n) is 5.36. The molecule has 0 fully saturated rings. The van der Waals surface area contributed by atoms with E-state index in [9.17, 15) is 9.59 Å². The van der Waals surface area contributed by atoms with Gasteiger partial charge >= 0.3 is 6.03 Å². The number of nitrogens with one attached hydrogen (secondary N) is 1. The summed E-state index contributed by atoms with van der Waals surface area (Å²) in [5.74, 6) is -0.741. The number of carbonyl (C=O) groups is 2. The molecule has 0 aliphatic rings. The van der Waals surface area contributed by atoms with Crippen molar-refractivity contribution in [3.63, 3.8) is 0 Å². The molecule has 0 spiro atoms. The van der Waals surface area contributed by atoms with Gasteiger partial charge in [0.05, 0.1) is 5.69 Å². The Balaban J connectivity index is 1.97. The lowest BCUT2D eigenvalue weighted by atomic mass is 10.1. The molecule has 0 saturated heterocycles. The lowest BCUT2D eigenvalue weighted by Gasteiger charge is -2.07. The molecule has 3 aromatic rings. The van der Waals surface area contributed by atoms with E-state index >= 15 is 0 Å². The number of hydrogen-bond acceptors (Lipinski definition) is 3. The van der Waals surface area contributed by atoms with Crippen molar-refractivity contribution < 1.29 is 9.59 Å². The van der Waals surface area contributed by atoms with Crippen molar-refractivity contribution >= 4 is 41.0 Å². The number of primary amides is 2. The predicted molar refractivity (Wildman–Crippen MR) is 101 cm³/mol.